The van der Waals surface area contributed by atoms with Crippen LogP contribution in [0.3, 0.4) is 0 Å². The van der Waals surface area contributed by atoms with Crippen LogP contribution in [-0.4, -0.2) is 56.9 Å². The van der Waals surface area contributed by atoms with Crippen molar-refractivity contribution in [3.63, 3.8) is 0 Å². The molecule has 8 heteroatoms. The smallest absolute Gasteiger partial charge is 0.277 e. The molecule has 1 fully saturated rings. The molecule has 2 heterocycles. The first-order valence-electron chi connectivity index (χ1n) is 10.2. The fraction of sp³-hybridized carbons (Fsp3) is 0.348. The molecule has 164 valence electrons. The lowest BCUT2D eigenvalue weighted by molar-refractivity contribution is 0.312. The molecule has 3 aromatic rings. The van der Waals surface area contributed by atoms with Crippen LogP contribution < -0.4 is 25.7 Å². The number of anilines is 2. The number of hydrogen-bond acceptors (Lipinski definition) is 6. The van der Waals surface area contributed by atoms with Gasteiger partial charge in [-0.1, -0.05) is 12.1 Å². The standard InChI is InChI=1S/C23H27FN4O3/c1-26-8-10-27(11-9-26)22-21(25)17-12-19(30-2)20(31-3)13-18(17)28(23(22)29)14-15-4-6-16(24)7-5-15/h4-7,12-13H,8-11,14,25H2,1-3H3. The Hall–Kier alpha value is -3.26. The summed E-state index contributed by atoms with van der Waals surface area (Å²) in [6, 6.07) is 9.73. The van der Waals surface area contributed by atoms with E-state index in [0.717, 1.165) is 18.7 Å². The first-order valence-corrected chi connectivity index (χ1v) is 10.2. The second-order valence-corrected chi connectivity index (χ2v) is 7.79. The van der Waals surface area contributed by atoms with E-state index < -0.39 is 0 Å². The lowest BCUT2D eigenvalue weighted by Crippen LogP contribution is -2.47. The highest BCUT2D eigenvalue weighted by molar-refractivity contribution is 5.98. The average molecular weight is 426 g/mol. The largest absolute Gasteiger partial charge is 0.493 e. The molecule has 31 heavy (non-hydrogen) atoms. The highest BCUT2D eigenvalue weighted by atomic mass is 19.1. The van der Waals surface area contributed by atoms with Crippen molar-refractivity contribution in [1.29, 1.82) is 0 Å². The van der Waals surface area contributed by atoms with Crippen molar-refractivity contribution in [2.45, 2.75) is 6.54 Å². The minimum atomic E-state index is -0.317. The molecular weight excluding hydrogens is 399 g/mol. The number of rotatable bonds is 5. The first-order chi connectivity index (χ1) is 14.9. The van der Waals surface area contributed by atoms with E-state index in [1.54, 1.807) is 37.0 Å². The molecule has 0 unspecified atom stereocenters. The number of nitrogens with two attached hydrogens (primary N) is 1. The molecule has 2 N–H and O–H groups in total. The number of likely N-dealkylation sites (N-methyl/N-ethyl adjacent to an activating group) is 1. The highest BCUT2D eigenvalue weighted by Crippen LogP contribution is 2.37. The molecule has 0 spiro atoms. The normalized spacial score (nSPS) is 14.8. The van der Waals surface area contributed by atoms with Crippen molar-refractivity contribution in [3.05, 3.63) is 58.1 Å². The van der Waals surface area contributed by atoms with Gasteiger partial charge in [-0.25, -0.2) is 4.39 Å². The van der Waals surface area contributed by atoms with Gasteiger partial charge < -0.3 is 29.6 Å². The average Bonchev–Trinajstić information content (AvgIpc) is 2.78. The van der Waals surface area contributed by atoms with Crippen molar-refractivity contribution in [2.24, 2.45) is 0 Å². The summed E-state index contributed by atoms with van der Waals surface area (Å²) in [5.74, 6) is 0.731. The summed E-state index contributed by atoms with van der Waals surface area (Å²) in [6.45, 7) is 3.41. The van der Waals surface area contributed by atoms with Gasteiger partial charge in [-0.3, -0.25) is 4.79 Å². The Bertz CT molecular complexity index is 1150. The summed E-state index contributed by atoms with van der Waals surface area (Å²) >= 11 is 0. The van der Waals surface area contributed by atoms with Crippen molar-refractivity contribution >= 4 is 22.3 Å². The number of pyridine rings is 1. The van der Waals surface area contributed by atoms with Gasteiger partial charge in [-0.2, -0.15) is 0 Å². The number of ether oxygens (including phenoxy) is 2. The third kappa shape index (κ3) is 3.90. The van der Waals surface area contributed by atoms with Crippen LogP contribution in [0, 0.1) is 5.82 Å². The number of halogens is 1. The maximum Gasteiger partial charge on any atom is 0.277 e. The van der Waals surface area contributed by atoms with Crippen LogP contribution in [0.5, 0.6) is 11.5 Å². The van der Waals surface area contributed by atoms with Crippen LogP contribution in [0.1, 0.15) is 5.56 Å². The molecule has 1 aliphatic heterocycles. The Morgan fingerprint density at radius 2 is 1.61 bits per heavy atom. The molecular formula is C23H27FN4O3. The number of hydrogen-bond donors (Lipinski definition) is 1. The number of fused-ring (bicyclic) bond motifs is 1. The quantitative estimate of drug-likeness (QED) is 0.676. The molecule has 0 atom stereocenters. The molecule has 0 radical (unpaired) electrons. The van der Waals surface area contributed by atoms with Gasteiger partial charge >= 0.3 is 0 Å². The maximum atomic E-state index is 13.7. The van der Waals surface area contributed by atoms with Crippen molar-refractivity contribution in [3.8, 4) is 11.5 Å². The van der Waals surface area contributed by atoms with Gasteiger partial charge in [-0.15, -0.1) is 0 Å². The van der Waals surface area contributed by atoms with E-state index in [9.17, 15) is 9.18 Å². The van der Waals surface area contributed by atoms with Crippen LogP contribution in [0.2, 0.25) is 0 Å². The monoisotopic (exact) mass is 426 g/mol. The summed E-state index contributed by atoms with van der Waals surface area (Å²) in [5.41, 5.74) is 8.77. The second kappa shape index (κ2) is 8.47. The summed E-state index contributed by atoms with van der Waals surface area (Å²) in [6.07, 6.45) is 0. The Morgan fingerprint density at radius 3 is 2.23 bits per heavy atom. The predicted molar refractivity (Wildman–Crippen MR) is 121 cm³/mol. The van der Waals surface area contributed by atoms with Gasteiger partial charge in [0, 0.05) is 37.6 Å². The van der Waals surface area contributed by atoms with Gasteiger partial charge in [0.25, 0.3) is 5.56 Å². The Morgan fingerprint density at radius 1 is 1.00 bits per heavy atom. The van der Waals surface area contributed by atoms with Crippen molar-refractivity contribution in [2.75, 3.05) is 58.1 Å². The zero-order valence-electron chi connectivity index (χ0n) is 18.0. The molecule has 0 amide bonds. The lowest BCUT2D eigenvalue weighted by Gasteiger charge is -2.34. The van der Waals surface area contributed by atoms with Crippen LogP contribution in [0.4, 0.5) is 15.8 Å². The maximum absolute atomic E-state index is 13.7. The number of nitrogen functional groups attached to an aromatic ring is 1. The molecule has 1 saturated heterocycles. The SMILES string of the molecule is COc1cc2c(N)c(N3CCN(C)CC3)c(=O)n(Cc3ccc(F)cc3)c2cc1OC. The fourth-order valence-corrected chi connectivity index (χ4v) is 4.05. The molecule has 7 nitrogen and oxygen atoms in total. The summed E-state index contributed by atoms with van der Waals surface area (Å²) in [7, 11) is 5.18. The van der Waals surface area contributed by atoms with Crippen LogP contribution in [0.25, 0.3) is 10.9 Å². The summed E-state index contributed by atoms with van der Waals surface area (Å²) in [5, 5.41) is 0.716. The second-order valence-electron chi connectivity index (χ2n) is 7.79. The molecule has 0 bridgehead atoms. The van der Waals surface area contributed by atoms with Crippen LogP contribution >= 0.6 is 0 Å². The minimum absolute atomic E-state index is 0.175. The Kier molecular flexibility index (Phi) is 5.73. The molecule has 0 aliphatic carbocycles. The zero-order chi connectivity index (χ0) is 22.1. The van der Waals surface area contributed by atoms with E-state index in [-0.39, 0.29) is 17.9 Å². The van der Waals surface area contributed by atoms with Gasteiger partial charge in [0.1, 0.15) is 11.5 Å². The number of piperazine rings is 1. The molecule has 2 aromatic carbocycles. The fourth-order valence-electron chi connectivity index (χ4n) is 4.05. The Labute approximate surface area is 180 Å². The number of nitrogens with zero attached hydrogens (tertiary/aromatic N) is 3. The van der Waals surface area contributed by atoms with E-state index in [4.69, 9.17) is 15.2 Å². The third-order valence-corrected chi connectivity index (χ3v) is 5.86. The van der Waals surface area contributed by atoms with Gasteiger partial charge in [-0.05, 0) is 30.8 Å². The molecule has 4 rings (SSSR count). The zero-order valence-corrected chi connectivity index (χ0v) is 18.0. The van der Waals surface area contributed by atoms with Gasteiger partial charge in [0.2, 0.25) is 0 Å². The highest BCUT2D eigenvalue weighted by Gasteiger charge is 2.24. The summed E-state index contributed by atoms with van der Waals surface area (Å²) < 4.78 is 26.0. The number of benzene rings is 2. The third-order valence-electron chi connectivity index (χ3n) is 5.86. The molecule has 1 aromatic heterocycles. The first kappa shape index (κ1) is 21.0. The summed E-state index contributed by atoms with van der Waals surface area (Å²) in [4.78, 5) is 18.0. The molecule has 0 saturated carbocycles. The number of methoxy groups -OCH3 is 2. The van der Waals surface area contributed by atoms with E-state index in [1.165, 1.54) is 12.1 Å². The van der Waals surface area contributed by atoms with Crippen LogP contribution in [-0.2, 0) is 6.54 Å². The topological polar surface area (TPSA) is 73.0 Å². The van der Waals surface area contributed by atoms with Crippen molar-refractivity contribution < 1.29 is 13.9 Å². The van der Waals surface area contributed by atoms with Gasteiger partial charge in [0.05, 0.1) is 32.0 Å². The number of aromatic nitrogens is 1. The van der Waals surface area contributed by atoms with E-state index in [2.05, 4.69) is 16.8 Å². The van der Waals surface area contributed by atoms with Crippen LogP contribution in [0.15, 0.2) is 41.2 Å². The van der Waals surface area contributed by atoms with Crippen molar-refractivity contribution in [1.82, 2.24) is 9.47 Å². The van der Waals surface area contributed by atoms with E-state index in [1.807, 2.05) is 6.07 Å². The lowest BCUT2D eigenvalue weighted by atomic mass is 10.1. The van der Waals surface area contributed by atoms with E-state index >= 15 is 0 Å². The minimum Gasteiger partial charge on any atom is -0.493 e. The molecule has 1 aliphatic rings. The van der Waals surface area contributed by atoms with Gasteiger partial charge in [0.15, 0.2) is 11.5 Å². The van der Waals surface area contributed by atoms with E-state index in [0.29, 0.717) is 46.9 Å². The Balaban J connectivity index is 1.95. The predicted octanol–water partition coefficient (Wildman–Crippen LogP) is 2.54.